The van der Waals surface area contributed by atoms with Crippen molar-refractivity contribution in [1.82, 2.24) is 0 Å². The summed E-state index contributed by atoms with van der Waals surface area (Å²) >= 11 is 0. The minimum atomic E-state index is -4.80. The topological polar surface area (TPSA) is 134 Å². The Balaban J connectivity index is 0.00000208. The molecule has 116 valence electrons. The van der Waals surface area contributed by atoms with Crippen molar-refractivity contribution in [3.05, 3.63) is 68.8 Å². The number of carbonyl (C=O) groups is 2. The van der Waals surface area contributed by atoms with Crippen LogP contribution >= 0.6 is 0 Å². The van der Waals surface area contributed by atoms with Crippen molar-refractivity contribution >= 4 is 27.4 Å². The van der Waals surface area contributed by atoms with Gasteiger partial charge < -0.3 is 4.55 Å². The van der Waals surface area contributed by atoms with Crippen molar-refractivity contribution in [2.75, 3.05) is 0 Å². The molecular weight excluding hydrogens is 365 g/mol. The number of hydrogen-bond acceptors (Lipinski definition) is 7. The average molecular weight is 371 g/mol. The summed E-state index contributed by atoms with van der Waals surface area (Å²) in [4.78, 5) is 34.5. The first-order chi connectivity index (χ1) is 10.7. The first kappa shape index (κ1) is 19.1. The van der Waals surface area contributed by atoms with Crippen LogP contribution in [0.2, 0.25) is 0 Å². The standard InChI is InChI=1S/C14H7NO7S.K/c16-13-9-2-1-3-11(15(18)19)12(9)14(17)8-5-4-7(6-10(8)13)23(20,21)22;/h1-6H,(H,20,21,22);/q;+1/p-1. The number of ketones is 2. The van der Waals surface area contributed by atoms with Crippen LogP contribution in [0.25, 0.3) is 0 Å². The van der Waals surface area contributed by atoms with E-state index >= 15 is 0 Å². The molecule has 1 aliphatic carbocycles. The van der Waals surface area contributed by atoms with Gasteiger partial charge in [-0.05, 0) is 24.3 Å². The fourth-order valence-electron chi connectivity index (χ4n) is 2.46. The molecule has 0 atom stereocenters. The van der Waals surface area contributed by atoms with E-state index in [4.69, 9.17) is 0 Å². The zero-order valence-corrected chi connectivity index (χ0v) is 16.1. The third kappa shape index (κ3) is 3.01. The summed E-state index contributed by atoms with van der Waals surface area (Å²) in [5.41, 5.74) is -1.49. The smallest absolute Gasteiger partial charge is 0.744 e. The second-order valence-corrected chi connectivity index (χ2v) is 6.16. The Labute approximate surface area is 178 Å². The fourth-order valence-corrected chi connectivity index (χ4v) is 2.96. The maximum atomic E-state index is 12.5. The van der Waals surface area contributed by atoms with Crippen LogP contribution in [-0.2, 0) is 10.1 Å². The van der Waals surface area contributed by atoms with Gasteiger partial charge in [0.15, 0.2) is 5.78 Å². The van der Waals surface area contributed by atoms with Gasteiger partial charge in [-0.15, -0.1) is 0 Å². The monoisotopic (exact) mass is 371 g/mol. The van der Waals surface area contributed by atoms with E-state index in [0.29, 0.717) is 0 Å². The second-order valence-electron chi connectivity index (χ2n) is 4.78. The molecule has 0 radical (unpaired) electrons. The molecule has 0 saturated carbocycles. The Bertz CT molecular complexity index is 1010. The number of nitro groups is 1. The van der Waals surface area contributed by atoms with Crippen molar-refractivity contribution in [1.29, 1.82) is 0 Å². The van der Waals surface area contributed by atoms with E-state index in [1.54, 1.807) is 0 Å². The molecule has 10 heteroatoms. The molecule has 0 spiro atoms. The summed E-state index contributed by atoms with van der Waals surface area (Å²) < 4.78 is 33.2. The molecule has 2 aromatic rings. The maximum absolute atomic E-state index is 12.5. The van der Waals surface area contributed by atoms with E-state index in [1.165, 1.54) is 12.1 Å². The zero-order chi connectivity index (χ0) is 16.9. The minimum absolute atomic E-state index is 0. The van der Waals surface area contributed by atoms with Crippen LogP contribution in [0.3, 0.4) is 0 Å². The van der Waals surface area contributed by atoms with Crippen LogP contribution in [0, 0.1) is 10.1 Å². The van der Waals surface area contributed by atoms with E-state index < -0.39 is 37.2 Å². The first-order valence-electron chi connectivity index (χ1n) is 6.18. The summed E-state index contributed by atoms with van der Waals surface area (Å²) in [5, 5.41) is 11.0. The molecule has 0 saturated heterocycles. The van der Waals surface area contributed by atoms with E-state index in [1.807, 2.05) is 0 Å². The van der Waals surface area contributed by atoms with Gasteiger partial charge in [0.1, 0.15) is 15.7 Å². The van der Waals surface area contributed by atoms with Gasteiger partial charge in [-0.1, -0.05) is 6.07 Å². The van der Waals surface area contributed by atoms with Crippen molar-refractivity contribution in [2.45, 2.75) is 4.90 Å². The summed E-state index contributed by atoms with van der Waals surface area (Å²) in [6, 6.07) is 6.32. The molecule has 2 aromatic carbocycles. The van der Waals surface area contributed by atoms with Crippen molar-refractivity contribution in [3.63, 3.8) is 0 Å². The maximum Gasteiger partial charge on any atom is 1.00 e. The number of fused-ring (bicyclic) bond motifs is 2. The van der Waals surface area contributed by atoms with Crippen LogP contribution in [0.15, 0.2) is 41.3 Å². The van der Waals surface area contributed by atoms with Crippen LogP contribution < -0.4 is 51.4 Å². The van der Waals surface area contributed by atoms with Crippen molar-refractivity contribution in [2.24, 2.45) is 0 Å². The first-order valence-corrected chi connectivity index (χ1v) is 7.59. The molecule has 3 rings (SSSR count). The predicted molar refractivity (Wildman–Crippen MR) is 74.4 cm³/mol. The van der Waals surface area contributed by atoms with Gasteiger partial charge in [0, 0.05) is 22.8 Å². The van der Waals surface area contributed by atoms with Crippen LogP contribution in [0.1, 0.15) is 31.8 Å². The van der Waals surface area contributed by atoms with Crippen molar-refractivity contribution < 1.29 is 78.9 Å². The van der Waals surface area contributed by atoms with Gasteiger partial charge in [0.2, 0.25) is 5.78 Å². The fraction of sp³-hybridized carbons (Fsp3) is 0. The molecule has 24 heavy (non-hydrogen) atoms. The zero-order valence-electron chi connectivity index (χ0n) is 12.2. The van der Waals surface area contributed by atoms with Crippen LogP contribution in [0.5, 0.6) is 0 Å². The molecule has 0 N–H and O–H groups in total. The minimum Gasteiger partial charge on any atom is -0.744 e. The Kier molecular flexibility index (Phi) is 5.21. The van der Waals surface area contributed by atoms with E-state index in [0.717, 1.165) is 24.3 Å². The number of benzene rings is 2. The Morgan fingerprint density at radius 2 is 1.58 bits per heavy atom. The largest absolute Gasteiger partial charge is 1.00 e. The normalized spacial score (nSPS) is 12.9. The van der Waals surface area contributed by atoms with E-state index in [-0.39, 0.29) is 73.6 Å². The summed E-state index contributed by atoms with van der Waals surface area (Å²) in [5.74, 6) is -1.51. The van der Waals surface area contributed by atoms with Crippen LogP contribution in [-0.4, -0.2) is 29.5 Å². The summed E-state index contributed by atoms with van der Waals surface area (Å²) in [7, 11) is -4.80. The number of hydrogen-bond donors (Lipinski definition) is 0. The SMILES string of the molecule is O=C1c2cc(S(=O)(=O)[O-])ccc2C(=O)c2c1cccc2[N+](=O)[O-].[K+]. The third-order valence-electron chi connectivity index (χ3n) is 3.48. The Morgan fingerprint density at radius 1 is 0.917 bits per heavy atom. The molecule has 8 nitrogen and oxygen atoms in total. The molecule has 0 unspecified atom stereocenters. The van der Waals surface area contributed by atoms with Crippen molar-refractivity contribution in [3.8, 4) is 0 Å². The third-order valence-corrected chi connectivity index (χ3v) is 4.31. The van der Waals surface area contributed by atoms with Gasteiger partial charge in [-0.3, -0.25) is 19.7 Å². The van der Waals surface area contributed by atoms with E-state index in [2.05, 4.69) is 0 Å². The number of nitrogens with zero attached hydrogens (tertiary/aromatic N) is 1. The molecule has 0 aliphatic heterocycles. The molecule has 0 amide bonds. The second kappa shape index (κ2) is 6.56. The van der Waals surface area contributed by atoms with Gasteiger partial charge in [0.25, 0.3) is 5.69 Å². The van der Waals surface area contributed by atoms with E-state index in [9.17, 15) is 32.7 Å². The molecular formula is C14H6KNO7S. The van der Waals surface area contributed by atoms with Gasteiger partial charge in [0.05, 0.1) is 9.82 Å². The summed E-state index contributed by atoms with van der Waals surface area (Å²) in [6.07, 6.45) is 0. The van der Waals surface area contributed by atoms with Crippen LogP contribution in [0.4, 0.5) is 5.69 Å². The van der Waals surface area contributed by atoms with Gasteiger partial charge >= 0.3 is 51.4 Å². The Morgan fingerprint density at radius 3 is 2.17 bits per heavy atom. The molecule has 0 fully saturated rings. The predicted octanol–water partition coefficient (Wildman–Crippen LogP) is -1.72. The average Bonchev–Trinajstić information content (AvgIpc) is 2.50. The number of nitro benzene ring substituents is 1. The molecule has 0 heterocycles. The van der Waals surface area contributed by atoms with Gasteiger partial charge in [-0.2, -0.15) is 0 Å². The number of rotatable bonds is 2. The Hall–Kier alpha value is -1.27. The molecule has 1 aliphatic rings. The van der Waals surface area contributed by atoms with Gasteiger partial charge in [-0.25, -0.2) is 8.42 Å². The quantitative estimate of drug-likeness (QED) is 0.226. The summed E-state index contributed by atoms with van der Waals surface area (Å²) in [6.45, 7) is 0. The molecule has 0 bridgehead atoms. The molecule has 0 aromatic heterocycles. The number of carbonyl (C=O) groups excluding carboxylic acids is 2.